The monoisotopic (exact) mass is 266 g/mol. The Balaban J connectivity index is 1.77. The number of thioether (sulfide) groups is 1. The van der Waals surface area contributed by atoms with Crippen molar-refractivity contribution in [3.05, 3.63) is 10.6 Å². The van der Waals surface area contributed by atoms with E-state index in [0.717, 1.165) is 43.0 Å². The van der Waals surface area contributed by atoms with Gasteiger partial charge >= 0.3 is 0 Å². The molecule has 1 amide bonds. The molecule has 2 heterocycles. The van der Waals surface area contributed by atoms with Crippen molar-refractivity contribution in [1.29, 1.82) is 0 Å². The zero-order valence-electron chi connectivity index (χ0n) is 10.9. The summed E-state index contributed by atoms with van der Waals surface area (Å²) in [6, 6.07) is 0. The summed E-state index contributed by atoms with van der Waals surface area (Å²) in [6.45, 7) is 1.86. The number of likely N-dealkylation sites (tertiary alicyclic amines) is 1. The van der Waals surface area contributed by atoms with E-state index in [-0.39, 0.29) is 5.91 Å². The number of carbonyl (C=O) groups excluding carboxylic acids is 1. The molecule has 2 atom stereocenters. The first-order valence-corrected chi connectivity index (χ1v) is 8.11. The fraction of sp³-hybridized carbons (Fsp3) is 0.786. The number of carbonyl (C=O) groups is 1. The second kappa shape index (κ2) is 5.16. The minimum atomic E-state index is 0.245. The third-order valence-corrected chi connectivity index (χ3v) is 5.83. The second-order valence-electron chi connectivity index (χ2n) is 5.68. The van der Waals surface area contributed by atoms with Crippen molar-refractivity contribution in [2.24, 2.45) is 11.7 Å². The number of nitrogens with zero attached hydrogens (tertiary/aromatic N) is 1. The van der Waals surface area contributed by atoms with E-state index >= 15 is 0 Å². The fourth-order valence-corrected chi connectivity index (χ4v) is 4.92. The number of hydrogen-bond donors (Lipinski definition) is 1. The van der Waals surface area contributed by atoms with Crippen molar-refractivity contribution in [3.63, 3.8) is 0 Å². The van der Waals surface area contributed by atoms with Crippen molar-refractivity contribution in [1.82, 2.24) is 4.90 Å². The molecule has 100 valence electrons. The highest BCUT2D eigenvalue weighted by Crippen LogP contribution is 2.47. The fourth-order valence-electron chi connectivity index (χ4n) is 3.51. The van der Waals surface area contributed by atoms with Crippen molar-refractivity contribution in [3.8, 4) is 0 Å². The number of fused-ring (bicyclic) bond motifs is 1. The Morgan fingerprint density at radius 1 is 1.11 bits per heavy atom. The highest BCUT2D eigenvalue weighted by atomic mass is 32.2. The summed E-state index contributed by atoms with van der Waals surface area (Å²) in [6.07, 6.45) is 8.51. The van der Waals surface area contributed by atoms with Gasteiger partial charge in [-0.1, -0.05) is 12.8 Å². The van der Waals surface area contributed by atoms with Crippen LogP contribution in [0.5, 0.6) is 0 Å². The van der Waals surface area contributed by atoms with Crippen molar-refractivity contribution >= 4 is 17.7 Å². The van der Waals surface area contributed by atoms with E-state index in [1.165, 1.54) is 25.7 Å². The van der Waals surface area contributed by atoms with Gasteiger partial charge in [0.05, 0.1) is 10.6 Å². The van der Waals surface area contributed by atoms with Gasteiger partial charge in [0, 0.05) is 24.3 Å². The normalized spacial score (nSPS) is 32.6. The lowest BCUT2D eigenvalue weighted by Crippen LogP contribution is -2.39. The van der Waals surface area contributed by atoms with Crippen LogP contribution in [0, 0.1) is 5.92 Å². The van der Waals surface area contributed by atoms with Gasteiger partial charge in [-0.2, -0.15) is 0 Å². The topological polar surface area (TPSA) is 46.3 Å². The van der Waals surface area contributed by atoms with E-state index in [0.29, 0.717) is 11.2 Å². The molecule has 4 heteroatoms. The van der Waals surface area contributed by atoms with E-state index in [1.54, 1.807) is 11.8 Å². The summed E-state index contributed by atoms with van der Waals surface area (Å²) in [4.78, 5) is 14.7. The van der Waals surface area contributed by atoms with Gasteiger partial charge in [-0.05, 0) is 32.1 Å². The molecule has 1 saturated carbocycles. The molecule has 0 radical (unpaired) electrons. The highest BCUT2D eigenvalue weighted by Gasteiger charge is 2.40. The largest absolute Gasteiger partial charge is 0.393 e. The van der Waals surface area contributed by atoms with Crippen LogP contribution in [0.3, 0.4) is 0 Å². The molecular formula is C14H22N2OS. The summed E-state index contributed by atoms with van der Waals surface area (Å²) in [5.41, 5.74) is 7.11. The van der Waals surface area contributed by atoms with Crippen LogP contribution in [-0.4, -0.2) is 29.1 Å². The van der Waals surface area contributed by atoms with E-state index in [2.05, 4.69) is 0 Å². The van der Waals surface area contributed by atoms with Gasteiger partial charge in [0.25, 0.3) is 5.91 Å². The summed E-state index contributed by atoms with van der Waals surface area (Å²) in [7, 11) is 0. The molecule has 0 aromatic heterocycles. The van der Waals surface area contributed by atoms with Gasteiger partial charge in [-0.25, -0.2) is 0 Å². The molecule has 3 nitrogen and oxygen atoms in total. The van der Waals surface area contributed by atoms with Crippen LogP contribution >= 0.6 is 11.8 Å². The Morgan fingerprint density at radius 2 is 1.83 bits per heavy atom. The van der Waals surface area contributed by atoms with Gasteiger partial charge in [0.1, 0.15) is 0 Å². The van der Waals surface area contributed by atoms with Crippen LogP contribution in [0.15, 0.2) is 10.6 Å². The maximum atomic E-state index is 12.6. The SMILES string of the molecule is NC1=C(C(=O)N2CCCCC2)[C@@H]2CCCC[C@@H]2S1. The van der Waals surface area contributed by atoms with Crippen molar-refractivity contribution < 1.29 is 4.79 Å². The summed E-state index contributed by atoms with van der Waals surface area (Å²) < 4.78 is 0. The predicted octanol–water partition coefficient (Wildman–Crippen LogP) is 2.47. The quantitative estimate of drug-likeness (QED) is 0.793. The van der Waals surface area contributed by atoms with Gasteiger partial charge in [-0.15, -0.1) is 11.8 Å². The molecule has 0 aromatic rings. The average molecular weight is 266 g/mol. The number of amides is 1. The number of hydrogen-bond acceptors (Lipinski definition) is 3. The van der Waals surface area contributed by atoms with E-state index in [1.807, 2.05) is 4.90 Å². The molecular weight excluding hydrogens is 244 g/mol. The molecule has 1 aliphatic carbocycles. The first-order valence-electron chi connectivity index (χ1n) is 7.23. The number of nitrogens with two attached hydrogens (primary N) is 1. The number of piperidine rings is 1. The van der Waals surface area contributed by atoms with Gasteiger partial charge in [0.15, 0.2) is 0 Å². The zero-order valence-corrected chi connectivity index (χ0v) is 11.7. The maximum absolute atomic E-state index is 12.6. The van der Waals surface area contributed by atoms with E-state index < -0.39 is 0 Å². The van der Waals surface area contributed by atoms with Crippen molar-refractivity contribution in [2.45, 2.75) is 50.2 Å². The standard InChI is InChI=1S/C14H22N2OS/c15-13-12(10-6-2-3-7-11(10)18-13)14(17)16-8-4-1-5-9-16/h10-11H,1-9,15H2/t10-,11+/m1/s1. The Labute approximate surface area is 113 Å². The molecule has 0 spiro atoms. The Morgan fingerprint density at radius 3 is 2.61 bits per heavy atom. The minimum Gasteiger partial charge on any atom is -0.393 e. The van der Waals surface area contributed by atoms with Gasteiger partial charge < -0.3 is 10.6 Å². The lowest BCUT2D eigenvalue weighted by molar-refractivity contribution is -0.128. The van der Waals surface area contributed by atoms with Crippen LogP contribution in [-0.2, 0) is 4.79 Å². The molecule has 0 bridgehead atoms. The number of rotatable bonds is 1. The predicted molar refractivity (Wildman–Crippen MR) is 75.0 cm³/mol. The molecule has 1 saturated heterocycles. The second-order valence-corrected chi connectivity index (χ2v) is 6.96. The van der Waals surface area contributed by atoms with Crippen LogP contribution in [0.2, 0.25) is 0 Å². The summed E-state index contributed by atoms with van der Waals surface area (Å²) >= 11 is 1.76. The van der Waals surface area contributed by atoms with E-state index in [9.17, 15) is 4.79 Å². The maximum Gasteiger partial charge on any atom is 0.252 e. The summed E-state index contributed by atoms with van der Waals surface area (Å²) in [5, 5.41) is 1.41. The minimum absolute atomic E-state index is 0.245. The Bertz CT molecular complexity index is 374. The molecule has 2 aliphatic heterocycles. The van der Waals surface area contributed by atoms with Gasteiger partial charge in [-0.3, -0.25) is 4.79 Å². The third-order valence-electron chi connectivity index (χ3n) is 4.49. The molecule has 2 fully saturated rings. The molecule has 2 N–H and O–H groups in total. The first-order chi connectivity index (χ1) is 8.77. The van der Waals surface area contributed by atoms with Gasteiger partial charge in [0.2, 0.25) is 0 Å². The molecule has 18 heavy (non-hydrogen) atoms. The molecule has 3 rings (SSSR count). The lowest BCUT2D eigenvalue weighted by atomic mass is 9.83. The molecule has 0 unspecified atom stereocenters. The average Bonchev–Trinajstić information content (AvgIpc) is 2.75. The van der Waals surface area contributed by atoms with E-state index in [4.69, 9.17) is 5.73 Å². The zero-order chi connectivity index (χ0) is 12.5. The Hall–Kier alpha value is -0.640. The molecule has 0 aromatic carbocycles. The highest BCUT2D eigenvalue weighted by molar-refractivity contribution is 8.03. The third kappa shape index (κ3) is 2.15. The molecule has 3 aliphatic rings. The first kappa shape index (κ1) is 12.4. The smallest absolute Gasteiger partial charge is 0.252 e. The van der Waals surface area contributed by atoms with Crippen LogP contribution < -0.4 is 5.73 Å². The van der Waals surface area contributed by atoms with Crippen LogP contribution in [0.4, 0.5) is 0 Å². The Kier molecular flexibility index (Phi) is 3.55. The van der Waals surface area contributed by atoms with Crippen LogP contribution in [0.25, 0.3) is 0 Å². The summed E-state index contributed by atoms with van der Waals surface area (Å²) in [5.74, 6) is 0.687. The van der Waals surface area contributed by atoms with Crippen molar-refractivity contribution in [2.75, 3.05) is 13.1 Å². The lowest BCUT2D eigenvalue weighted by Gasteiger charge is -2.31. The van der Waals surface area contributed by atoms with Crippen LogP contribution in [0.1, 0.15) is 44.9 Å².